The van der Waals surface area contributed by atoms with Gasteiger partial charge in [0.05, 0.1) is 17.8 Å². The normalized spacial score (nSPS) is 12.2. The van der Waals surface area contributed by atoms with Gasteiger partial charge in [-0.15, -0.1) is 0 Å². The van der Waals surface area contributed by atoms with Crippen molar-refractivity contribution in [1.82, 2.24) is 9.78 Å². The van der Waals surface area contributed by atoms with Crippen molar-refractivity contribution in [3.63, 3.8) is 0 Å². The Morgan fingerprint density at radius 2 is 2.24 bits per heavy atom. The number of ether oxygens (including phenoxy) is 1. The molecule has 0 aliphatic heterocycles. The van der Waals surface area contributed by atoms with Crippen molar-refractivity contribution < 1.29 is 9.13 Å². The van der Waals surface area contributed by atoms with Crippen LogP contribution in [0.4, 0.5) is 4.39 Å². The number of aromatic nitrogens is 2. The molecule has 0 saturated heterocycles. The molecule has 1 atom stereocenters. The molecule has 21 heavy (non-hydrogen) atoms. The van der Waals surface area contributed by atoms with Crippen LogP contribution in [0.25, 0.3) is 0 Å². The van der Waals surface area contributed by atoms with Gasteiger partial charge >= 0.3 is 0 Å². The van der Waals surface area contributed by atoms with Crippen LogP contribution in [0.2, 0.25) is 5.02 Å². The summed E-state index contributed by atoms with van der Waals surface area (Å²) in [6, 6.07) is 5.47. The molecule has 7 heteroatoms. The number of hydrogen-bond donors (Lipinski definition) is 1. The van der Waals surface area contributed by atoms with Crippen LogP contribution in [0.1, 0.15) is 12.5 Å². The van der Waals surface area contributed by atoms with E-state index in [0.29, 0.717) is 17.9 Å². The zero-order valence-corrected chi connectivity index (χ0v) is 12.2. The van der Waals surface area contributed by atoms with E-state index >= 15 is 0 Å². The van der Waals surface area contributed by atoms with E-state index in [9.17, 15) is 9.18 Å². The fourth-order valence-corrected chi connectivity index (χ4v) is 1.86. The molecular weight excluding hydrogens is 297 g/mol. The van der Waals surface area contributed by atoms with Crippen LogP contribution in [0.15, 0.2) is 35.3 Å². The Kier molecular flexibility index (Phi) is 4.93. The third kappa shape index (κ3) is 4.27. The van der Waals surface area contributed by atoms with Crippen LogP contribution >= 0.6 is 11.6 Å². The second kappa shape index (κ2) is 6.69. The maximum absolute atomic E-state index is 13.1. The molecule has 0 amide bonds. The number of halogens is 2. The molecule has 0 aliphatic rings. The Bertz CT molecular complexity index is 688. The fourth-order valence-electron chi connectivity index (χ4n) is 1.65. The van der Waals surface area contributed by atoms with Crippen LogP contribution in [0.5, 0.6) is 5.75 Å². The molecule has 0 fully saturated rings. The van der Waals surface area contributed by atoms with Gasteiger partial charge in [0.1, 0.15) is 18.2 Å². The predicted octanol–water partition coefficient (Wildman–Crippen LogP) is 1.81. The minimum Gasteiger partial charge on any atom is -0.490 e. The van der Waals surface area contributed by atoms with Gasteiger partial charge in [-0.2, -0.15) is 5.10 Å². The molecule has 5 nitrogen and oxygen atoms in total. The van der Waals surface area contributed by atoms with Crippen molar-refractivity contribution in [3.8, 4) is 5.75 Å². The lowest BCUT2D eigenvalue weighted by Gasteiger charge is -2.09. The molecule has 1 unspecified atom stereocenters. The highest BCUT2D eigenvalue weighted by atomic mass is 35.5. The fraction of sp³-hybridized carbons (Fsp3) is 0.286. The van der Waals surface area contributed by atoms with Gasteiger partial charge in [0.15, 0.2) is 0 Å². The maximum Gasteiger partial charge on any atom is 0.270 e. The average molecular weight is 312 g/mol. The van der Waals surface area contributed by atoms with E-state index < -0.39 is 5.82 Å². The van der Waals surface area contributed by atoms with E-state index in [-0.39, 0.29) is 23.2 Å². The first-order valence-corrected chi connectivity index (χ1v) is 6.73. The van der Waals surface area contributed by atoms with Crippen LogP contribution in [0, 0.1) is 5.82 Å². The van der Waals surface area contributed by atoms with Gasteiger partial charge in [0.25, 0.3) is 5.56 Å². The van der Waals surface area contributed by atoms with Crippen molar-refractivity contribution in [3.05, 3.63) is 57.2 Å². The number of nitrogens with two attached hydrogens (primary N) is 1. The smallest absolute Gasteiger partial charge is 0.270 e. The molecule has 0 radical (unpaired) electrons. The van der Waals surface area contributed by atoms with Gasteiger partial charge in [-0.1, -0.05) is 17.7 Å². The quantitative estimate of drug-likeness (QED) is 0.914. The van der Waals surface area contributed by atoms with Crippen molar-refractivity contribution >= 4 is 11.6 Å². The van der Waals surface area contributed by atoms with Gasteiger partial charge in [0, 0.05) is 12.1 Å². The van der Waals surface area contributed by atoms with Gasteiger partial charge < -0.3 is 10.5 Å². The minimum absolute atomic E-state index is 0.0115. The highest BCUT2D eigenvalue weighted by Gasteiger charge is 2.05. The van der Waals surface area contributed by atoms with Crippen LogP contribution < -0.4 is 16.0 Å². The van der Waals surface area contributed by atoms with Crippen LogP contribution in [0.3, 0.4) is 0 Å². The van der Waals surface area contributed by atoms with E-state index in [4.69, 9.17) is 22.1 Å². The summed E-state index contributed by atoms with van der Waals surface area (Å²) in [4.78, 5) is 11.9. The van der Waals surface area contributed by atoms with Gasteiger partial charge in [-0.3, -0.25) is 4.79 Å². The Balaban J connectivity index is 2.13. The topological polar surface area (TPSA) is 70.1 Å². The van der Waals surface area contributed by atoms with Crippen molar-refractivity contribution in [2.24, 2.45) is 5.73 Å². The molecule has 0 saturated carbocycles. The standard InChI is InChI=1S/C14H15ClFN3O2/c1-9(17)8-21-11-5-14(20)19(18-6-11)7-10-2-3-13(16)12(15)4-10/h2-6,9H,7-8,17H2,1H3. The maximum atomic E-state index is 13.1. The summed E-state index contributed by atoms with van der Waals surface area (Å²) in [6.07, 6.45) is 1.44. The lowest BCUT2D eigenvalue weighted by atomic mass is 10.2. The molecule has 1 heterocycles. The molecule has 0 bridgehead atoms. The van der Waals surface area contributed by atoms with E-state index in [2.05, 4.69) is 5.10 Å². The lowest BCUT2D eigenvalue weighted by Crippen LogP contribution is -2.26. The molecule has 2 N–H and O–H groups in total. The number of benzene rings is 1. The second-order valence-electron chi connectivity index (χ2n) is 4.72. The first-order chi connectivity index (χ1) is 9.95. The summed E-state index contributed by atoms with van der Waals surface area (Å²) >= 11 is 5.70. The second-order valence-corrected chi connectivity index (χ2v) is 5.13. The summed E-state index contributed by atoms with van der Waals surface area (Å²) in [6.45, 7) is 2.30. The van der Waals surface area contributed by atoms with E-state index in [1.54, 1.807) is 13.0 Å². The van der Waals surface area contributed by atoms with Gasteiger partial charge in [0.2, 0.25) is 0 Å². The average Bonchev–Trinajstić information content (AvgIpc) is 2.43. The third-order valence-corrected chi connectivity index (χ3v) is 2.96. The minimum atomic E-state index is -0.500. The van der Waals surface area contributed by atoms with Crippen molar-refractivity contribution in [1.29, 1.82) is 0 Å². The highest BCUT2D eigenvalue weighted by molar-refractivity contribution is 6.30. The summed E-state index contributed by atoms with van der Waals surface area (Å²) in [5.74, 6) is -0.133. The molecular formula is C14H15ClFN3O2. The molecule has 1 aromatic heterocycles. The van der Waals surface area contributed by atoms with Crippen molar-refractivity contribution in [2.75, 3.05) is 6.61 Å². The molecule has 1 aromatic carbocycles. The summed E-state index contributed by atoms with van der Waals surface area (Å²) in [5, 5.41) is 4.02. The van der Waals surface area contributed by atoms with Crippen molar-refractivity contribution in [2.45, 2.75) is 19.5 Å². The molecule has 0 spiro atoms. The zero-order valence-electron chi connectivity index (χ0n) is 11.4. The van der Waals surface area contributed by atoms with Gasteiger partial charge in [-0.05, 0) is 24.6 Å². The summed E-state index contributed by atoms with van der Waals surface area (Å²) in [7, 11) is 0. The monoisotopic (exact) mass is 311 g/mol. The number of nitrogens with zero attached hydrogens (tertiary/aromatic N) is 2. The number of rotatable bonds is 5. The van der Waals surface area contributed by atoms with Crippen LogP contribution in [-0.2, 0) is 6.54 Å². The Morgan fingerprint density at radius 3 is 2.86 bits per heavy atom. The highest BCUT2D eigenvalue weighted by Crippen LogP contribution is 2.16. The van der Waals surface area contributed by atoms with Crippen LogP contribution in [-0.4, -0.2) is 22.4 Å². The summed E-state index contributed by atoms with van der Waals surface area (Å²) < 4.78 is 19.6. The van der Waals surface area contributed by atoms with E-state index in [0.717, 1.165) is 0 Å². The SMILES string of the molecule is CC(N)COc1cnn(Cc2ccc(F)c(Cl)c2)c(=O)c1. The Hall–Kier alpha value is -1.92. The molecule has 0 aliphatic carbocycles. The molecule has 2 aromatic rings. The number of hydrogen-bond acceptors (Lipinski definition) is 4. The summed E-state index contributed by atoms with van der Waals surface area (Å²) in [5.41, 5.74) is 5.92. The molecule has 112 valence electrons. The first-order valence-electron chi connectivity index (χ1n) is 6.35. The largest absolute Gasteiger partial charge is 0.490 e. The van der Waals surface area contributed by atoms with Gasteiger partial charge in [-0.25, -0.2) is 9.07 Å². The Morgan fingerprint density at radius 1 is 1.48 bits per heavy atom. The Labute approximate surface area is 126 Å². The van der Waals surface area contributed by atoms with E-state index in [1.165, 1.54) is 29.1 Å². The third-order valence-electron chi connectivity index (χ3n) is 2.67. The first kappa shape index (κ1) is 15.5. The molecule has 2 rings (SSSR count). The zero-order chi connectivity index (χ0) is 15.4. The predicted molar refractivity (Wildman–Crippen MR) is 78.2 cm³/mol. The van der Waals surface area contributed by atoms with E-state index in [1.807, 2.05) is 0 Å². The lowest BCUT2D eigenvalue weighted by molar-refractivity contribution is 0.293.